The molecule has 0 atom stereocenters. The third kappa shape index (κ3) is 4.56. The number of esters is 1. The van der Waals surface area contributed by atoms with Crippen LogP contribution in [0.15, 0.2) is 53.6 Å². The average Bonchev–Trinajstić information content (AvgIpc) is 3.58. The van der Waals surface area contributed by atoms with Crippen molar-refractivity contribution in [3.05, 3.63) is 59.8 Å². The molecule has 4 N–H and O–H groups in total. The molecule has 1 saturated carbocycles. The van der Waals surface area contributed by atoms with Crippen LogP contribution in [-0.2, 0) is 14.8 Å². The number of benzene rings is 2. The van der Waals surface area contributed by atoms with Gasteiger partial charge in [-0.15, -0.1) is 0 Å². The fourth-order valence-corrected chi connectivity index (χ4v) is 4.44. The van der Waals surface area contributed by atoms with Crippen molar-refractivity contribution in [3.63, 3.8) is 0 Å². The largest absolute Gasteiger partial charge is 0.462 e. The fraction of sp³-hybridized carbons (Fsp3) is 0.227. The van der Waals surface area contributed by atoms with Gasteiger partial charge in [0, 0.05) is 28.9 Å². The number of fused-ring (bicyclic) bond motifs is 1. The van der Waals surface area contributed by atoms with Crippen molar-refractivity contribution in [1.82, 2.24) is 9.71 Å². The van der Waals surface area contributed by atoms with Crippen molar-refractivity contribution >= 4 is 44.2 Å². The Kier molecular flexibility index (Phi) is 5.81. The summed E-state index contributed by atoms with van der Waals surface area (Å²) in [6.45, 7) is 1.91. The quantitative estimate of drug-likeness (QED) is 0.466. The van der Waals surface area contributed by atoms with Crippen molar-refractivity contribution in [2.75, 3.05) is 17.7 Å². The molecule has 0 spiro atoms. The number of aromatic nitrogens is 1. The van der Waals surface area contributed by atoms with Crippen LogP contribution in [0.1, 0.15) is 40.5 Å². The Morgan fingerprint density at radius 3 is 2.53 bits per heavy atom. The van der Waals surface area contributed by atoms with Crippen LogP contribution in [-0.4, -0.2) is 37.9 Å². The van der Waals surface area contributed by atoms with Crippen LogP contribution >= 0.6 is 0 Å². The predicted octanol–water partition coefficient (Wildman–Crippen LogP) is 2.69. The Balaban J connectivity index is 1.54. The molecule has 32 heavy (non-hydrogen) atoms. The van der Waals surface area contributed by atoms with Crippen LogP contribution in [0.2, 0.25) is 0 Å². The lowest BCUT2D eigenvalue weighted by molar-refractivity contribution is 0.0527. The van der Waals surface area contributed by atoms with Crippen LogP contribution < -0.4 is 15.8 Å². The second kappa shape index (κ2) is 8.56. The standard InChI is InChI=1S/C22H22N4O5S/c1-2-31-22(28)18-12-24-19-10-7-15(11-17(19)20(18)23)25-21(27)13-3-8-16(9-4-13)32(29,30)26-14-5-6-14/h3-4,7-12,14,26H,2,5-6H2,1H3,(H2,23,24)(H,25,27). The van der Waals surface area contributed by atoms with Crippen molar-refractivity contribution in [1.29, 1.82) is 0 Å². The van der Waals surface area contributed by atoms with Gasteiger partial charge in [0.25, 0.3) is 5.91 Å². The molecule has 1 aliphatic carbocycles. The molecule has 1 fully saturated rings. The Bertz CT molecular complexity index is 1300. The van der Waals surface area contributed by atoms with Crippen molar-refractivity contribution < 1.29 is 22.7 Å². The molecule has 1 aromatic heterocycles. The molecule has 0 radical (unpaired) electrons. The van der Waals surface area contributed by atoms with Gasteiger partial charge in [-0.05, 0) is 62.2 Å². The summed E-state index contributed by atoms with van der Waals surface area (Å²) in [5, 5.41) is 3.25. The molecule has 1 heterocycles. The number of pyridine rings is 1. The Labute approximate surface area is 185 Å². The van der Waals surface area contributed by atoms with Gasteiger partial charge in [0.05, 0.1) is 22.7 Å². The molecular formula is C22H22N4O5S. The first-order valence-electron chi connectivity index (χ1n) is 10.1. The normalized spacial score (nSPS) is 13.7. The highest BCUT2D eigenvalue weighted by Crippen LogP contribution is 2.27. The van der Waals surface area contributed by atoms with Gasteiger partial charge < -0.3 is 15.8 Å². The predicted molar refractivity (Wildman–Crippen MR) is 120 cm³/mol. The van der Waals surface area contributed by atoms with Crippen LogP contribution in [0.3, 0.4) is 0 Å². The number of hydrogen-bond donors (Lipinski definition) is 3. The summed E-state index contributed by atoms with van der Waals surface area (Å²) in [6.07, 6.45) is 3.04. The summed E-state index contributed by atoms with van der Waals surface area (Å²) >= 11 is 0. The summed E-state index contributed by atoms with van der Waals surface area (Å²) in [6, 6.07) is 10.7. The van der Waals surface area contributed by atoms with E-state index in [9.17, 15) is 18.0 Å². The van der Waals surface area contributed by atoms with Crippen LogP contribution in [0.5, 0.6) is 0 Å². The van der Waals surface area contributed by atoms with Crippen LogP contribution in [0, 0.1) is 0 Å². The second-order valence-corrected chi connectivity index (χ2v) is 9.13. The maximum atomic E-state index is 12.6. The molecule has 0 saturated heterocycles. The number of nitrogens with one attached hydrogen (secondary N) is 2. The lowest BCUT2D eigenvalue weighted by atomic mass is 10.1. The van der Waals surface area contributed by atoms with E-state index >= 15 is 0 Å². The number of nitrogen functional groups attached to an aromatic ring is 1. The topological polar surface area (TPSA) is 140 Å². The maximum Gasteiger partial charge on any atom is 0.341 e. The number of carbonyl (C=O) groups excluding carboxylic acids is 2. The Hall–Kier alpha value is -3.50. The minimum Gasteiger partial charge on any atom is -0.462 e. The molecule has 166 valence electrons. The first-order chi connectivity index (χ1) is 15.3. The number of anilines is 2. The summed E-state index contributed by atoms with van der Waals surface area (Å²) < 4.78 is 32.1. The smallest absolute Gasteiger partial charge is 0.341 e. The molecule has 3 aromatic rings. The van der Waals surface area contributed by atoms with Crippen LogP contribution in [0.4, 0.5) is 11.4 Å². The van der Waals surface area contributed by atoms with E-state index in [1.54, 1.807) is 25.1 Å². The van der Waals surface area contributed by atoms with Gasteiger partial charge in [-0.3, -0.25) is 9.78 Å². The van der Waals surface area contributed by atoms with Gasteiger partial charge in [-0.25, -0.2) is 17.9 Å². The molecule has 0 unspecified atom stereocenters. The molecule has 9 nitrogen and oxygen atoms in total. The molecular weight excluding hydrogens is 432 g/mol. The Morgan fingerprint density at radius 1 is 1.16 bits per heavy atom. The number of rotatable bonds is 7. The second-order valence-electron chi connectivity index (χ2n) is 7.41. The fourth-order valence-electron chi connectivity index (χ4n) is 3.14. The number of nitrogens with zero attached hydrogens (tertiary/aromatic N) is 1. The SMILES string of the molecule is CCOC(=O)c1cnc2ccc(NC(=O)c3ccc(S(=O)(=O)NC4CC4)cc3)cc2c1N. The first kappa shape index (κ1) is 21.7. The molecule has 2 aromatic carbocycles. The van der Waals surface area contributed by atoms with E-state index in [2.05, 4.69) is 15.0 Å². The zero-order chi connectivity index (χ0) is 22.9. The van der Waals surface area contributed by atoms with E-state index in [0.29, 0.717) is 22.2 Å². The van der Waals surface area contributed by atoms with Crippen molar-refractivity contribution in [2.45, 2.75) is 30.7 Å². The van der Waals surface area contributed by atoms with Gasteiger partial charge in [0.15, 0.2) is 0 Å². The van der Waals surface area contributed by atoms with E-state index in [0.717, 1.165) is 12.8 Å². The highest BCUT2D eigenvalue weighted by molar-refractivity contribution is 7.89. The number of carbonyl (C=O) groups is 2. The van der Waals surface area contributed by atoms with Gasteiger partial charge in [0.2, 0.25) is 10.0 Å². The summed E-state index contributed by atoms with van der Waals surface area (Å²) in [7, 11) is -3.58. The monoisotopic (exact) mass is 454 g/mol. The number of nitrogens with two attached hydrogens (primary N) is 1. The third-order valence-corrected chi connectivity index (χ3v) is 6.53. The van der Waals surface area contributed by atoms with Crippen LogP contribution in [0.25, 0.3) is 10.9 Å². The van der Waals surface area contributed by atoms with Crippen molar-refractivity contribution in [2.24, 2.45) is 0 Å². The van der Waals surface area contributed by atoms with E-state index in [1.807, 2.05) is 0 Å². The average molecular weight is 455 g/mol. The lowest BCUT2D eigenvalue weighted by Crippen LogP contribution is -2.25. The van der Waals surface area contributed by atoms with E-state index in [1.165, 1.54) is 30.5 Å². The molecule has 10 heteroatoms. The van der Waals surface area contributed by atoms with E-state index in [4.69, 9.17) is 10.5 Å². The minimum atomic E-state index is -3.58. The number of ether oxygens (including phenoxy) is 1. The highest BCUT2D eigenvalue weighted by atomic mass is 32.2. The van der Waals surface area contributed by atoms with Gasteiger partial charge in [-0.1, -0.05) is 0 Å². The summed E-state index contributed by atoms with van der Waals surface area (Å²) in [5.41, 5.74) is 7.81. The number of sulfonamides is 1. The summed E-state index contributed by atoms with van der Waals surface area (Å²) in [5.74, 6) is -0.989. The van der Waals surface area contributed by atoms with Gasteiger partial charge >= 0.3 is 5.97 Å². The number of amides is 1. The molecule has 4 rings (SSSR count). The lowest BCUT2D eigenvalue weighted by Gasteiger charge is -2.11. The highest BCUT2D eigenvalue weighted by Gasteiger charge is 2.28. The molecule has 0 aliphatic heterocycles. The molecule has 0 bridgehead atoms. The van der Waals surface area contributed by atoms with Crippen molar-refractivity contribution in [3.8, 4) is 0 Å². The molecule has 1 aliphatic rings. The third-order valence-electron chi connectivity index (χ3n) is 4.99. The summed E-state index contributed by atoms with van der Waals surface area (Å²) in [4.78, 5) is 29.0. The van der Waals surface area contributed by atoms with Gasteiger partial charge in [0.1, 0.15) is 5.56 Å². The van der Waals surface area contributed by atoms with E-state index < -0.39 is 21.9 Å². The minimum absolute atomic E-state index is 0.00199. The number of hydrogen-bond acceptors (Lipinski definition) is 7. The zero-order valence-electron chi connectivity index (χ0n) is 17.3. The van der Waals surface area contributed by atoms with E-state index in [-0.39, 0.29) is 28.8 Å². The maximum absolute atomic E-state index is 12.6. The zero-order valence-corrected chi connectivity index (χ0v) is 18.1. The van der Waals surface area contributed by atoms with Gasteiger partial charge in [-0.2, -0.15) is 0 Å². The molecule has 1 amide bonds. The first-order valence-corrected chi connectivity index (χ1v) is 11.6. The Morgan fingerprint density at radius 2 is 1.88 bits per heavy atom.